The third-order valence-electron chi connectivity index (χ3n) is 5.22. The van der Waals surface area contributed by atoms with Crippen LogP contribution in [0.1, 0.15) is 55.5 Å². The summed E-state index contributed by atoms with van der Waals surface area (Å²) in [6, 6.07) is 3.26. The average molecular weight is 400 g/mol. The highest BCUT2D eigenvalue weighted by Gasteiger charge is 2.26. The van der Waals surface area contributed by atoms with Crippen molar-refractivity contribution >= 4 is 47.1 Å². The van der Waals surface area contributed by atoms with E-state index in [0.29, 0.717) is 21.9 Å². The summed E-state index contributed by atoms with van der Waals surface area (Å²) < 4.78 is 5.82. The van der Waals surface area contributed by atoms with E-state index in [1.54, 1.807) is 12.1 Å². The maximum absolute atomic E-state index is 12.8. The number of hydrogen-bond acceptors (Lipinski definition) is 4. The fourth-order valence-electron chi connectivity index (χ4n) is 3.75. The van der Waals surface area contributed by atoms with Gasteiger partial charge in [0.05, 0.1) is 5.02 Å². The second-order valence-corrected chi connectivity index (χ2v) is 7.65. The topological polar surface area (TPSA) is 84.2 Å². The van der Waals surface area contributed by atoms with Gasteiger partial charge in [-0.15, -0.1) is 0 Å². The summed E-state index contributed by atoms with van der Waals surface area (Å²) in [4.78, 5) is 29.7. The lowest BCUT2D eigenvalue weighted by atomic mass is 9.88. The summed E-state index contributed by atoms with van der Waals surface area (Å²) in [6.07, 6.45) is 12.2. The molecule has 6 nitrogen and oxygen atoms in total. The van der Waals surface area contributed by atoms with E-state index in [1.165, 1.54) is 12.6 Å². The number of nitrogens with zero attached hydrogens (tertiary/aromatic N) is 1. The molecule has 7 heteroatoms. The minimum absolute atomic E-state index is 0.0132. The van der Waals surface area contributed by atoms with E-state index in [-0.39, 0.29) is 17.6 Å². The predicted molar refractivity (Wildman–Crippen MR) is 109 cm³/mol. The Morgan fingerprint density at radius 1 is 1.07 bits per heavy atom. The van der Waals surface area contributed by atoms with E-state index in [1.807, 2.05) is 12.2 Å². The number of fused-ring (bicyclic) bond motifs is 1. The van der Waals surface area contributed by atoms with Gasteiger partial charge in [-0.25, -0.2) is 4.98 Å². The minimum atomic E-state index is -0.454. The van der Waals surface area contributed by atoms with Crippen molar-refractivity contribution < 1.29 is 14.0 Å². The van der Waals surface area contributed by atoms with E-state index < -0.39 is 5.91 Å². The Balaban J connectivity index is 1.63. The molecule has 0 aromatic carbocycles. The van der Waals surface area contributed by atoms with Crippen LogP contribution in [-0.2, 0) is 4.79 Å². The number of pyridine rings is 1. The number of anilines is 2. The highest BCUT2D eigenvalue weighted by molar-refractivity contribution is 6.30. The lowest BCUT2D eigenvalue weighted by Crippen LogP contribution is -2.31. The largest absolute Gasteiger partial charge is 0.449 e. The summed E-state index contributed by atoms with van der Waals surface area (Å²) in [5, 5.41) is 6.95. The second kappa shape index (κ2) is 8.19. The Kier molecular flexibility index (Phi) is 5.48. The molecule has 0 bridgehead atoms. The van der Waals surface area contributed by atoms with Gasteiger partial charge >= 0.3 is 0 Å². The normalized spacial score (nSPS) is 16.5. The molecule has 2 aliphatic carbocycles. The summed E-state index contributed by atoms with van der Waals surface area (Å²) in [5.74, 6) is -0.0479. The first kappa shape index (κ1) is 18.7. The van der Waals surface area contributed by atoms with Crippen molar-refractivity contribution in [3.63, 3.8) is 0 Å². The fourth-order valence-corrected chi connectivity index (χ4v) is 3.87. The van der Waals surface area contributed by atoms with Gasteiger partial charge in [-0.2, -0.15) is 0 Å². The van der Waals surface area contributed by atoms with E-state index in [9.17, 15) is 9.59 Å². The zero-order valence-electron chi connectivity index (χ0n) is 15.5. The molecule has 4 rings (SSSR count). The van der Waals surface area contributed by atoms with Gasteiger partial charge < -0.3 is 15.1 Å². The number of amides is 2. The van der Waals surface area contributed by atoms with Gasteiger partial charge in [0.25, 0.3) is 5.91 Å². The van der Waals surface area contributed by atoms with Crippen LogP contribution in [0.4, 0.5) is 11.5 Å². The lowest BCUT2D eigenvalue weighted by Gasteiger charge is -2.20. The third-order valence-corrected chi connectivity index (χ3v) is 5.44. The van der Waals surface area contributed by atoms with E-state index in [0.717, 1.165) is 43.7 Å². The molecule has 0 saturated heterocycles. The van der Waals surface area contributed by atoms with Gasteiger partial charge in [0.2, 0.25) is 11.7 Å². The standard InChI is InChI=1S/C21H22ClN3O3/c22-14-10-11-17(23-12-14)24-21(27)19-18(15-8-4-5-9-16(15)28-19)25-20(26)13-6-2-1-3-7-13/h8-13H,1-7H2,(H,25,26)(H,23,24,27). The Morgan fingerprint density at radius 2 is 1.86 bits per heavy atom. The molecule has 1 saturated carbocycles. The van der Waals surface area contributed by atoms with Gasteiger partial charge in [0.15, 0.2) is 0 Å². The SMILES string of the molecule is O=C(Nc1ccc(Cl)cn1)c1oc2c(c1NC(=O)C1CCCCC1)=CCCC=2. The van der Waals surface area contributed by atoms with E-state index >= 15 is 0 Å². The monoisotopic (exact) mass is 399 g/mol. The summed E-state index contributed by atoms with van der Waals surface area (Å²) in [5.41, 5.74) is 1.08. The van der Waals surface area contributed by atoms with Gasteiger partial charge in [0, 0.05) is 17.3 Å². The molecule has 2 heterocycles. The van der Waals surface area contributed by atoms with Crippen molar-refractivity contribution in [1.29, 1.82) is 0 Å². The number of halogens is 1. The van der Waals surface area contributed by atoms with Crippen LogP contribution in [0.3, 0.4) is 0 Å². The first-order valence-corrected chi connectivity index (χ1v) is 10.1. The minimum Gasteiger partial charge on any atom is -0.449 e. The molecule has 1 fully saturated rings. The van der Waals surface area contributed by atoms with Crippen molar-refractivity contribution in [2.75, 3.05) is 10.6 Å². The van der Waals surface area contributed by atoms with Gasteiger partial charge in [0.1, 0.15) is 16.9 Å². The van der Waals surface area contributed by atoms with Gasteiger partial charge in [-0.1, -0.05) is 36.9 Å². The molecule has 0 unspecified atom stereocenters. The average Bonchev–Trinajstić information content (AvgIpc) is 3.09. The highest BCUT2D eigenvalue weighted by atomic mass is 35.5. The molecule has 2 aromatic heterocycles. The molecular weight excluding hydrogens is 378 g/mol. The Labute approximate surface area is 167 Å². The van der Waals surface area contributed by atoms with Crippen LogP contribution in [0.15, 0.2) is 22.7 Å². The van der Waals surface area contributed by atoms with Crippen molar-refractivity contribution in [3.05, 3.63) is 39.7 Å². The van der Waals surface area contributed by atoms with Crippen LogP contribution in [-0.4, -0.2) is 16.8 Å². The third kappa shape index (κ3) is 3.97. The maximum Gasteiger partial charge on any atom is 0.294 e. The number of furan rings is 1. The number of rotatable bonds is 4. The Morgan fingerprint density at radius 3 is 2.61 bits per heavy atom. The van der Waals surface area contributed by atoms with Crippen molar-refractivity contribution in [1.82, 2.24) is 4.98 Å². The molecule has 146 valence electrons. The lowest BCUT2D eigenvalue weighted by molar-refractivity contribution is -0.120. The molecule has 2 aliphatic rings. The molecule has 0 spiro atoms. The summed E-state index contributed by atoms with van der Waals surface area (Å²) in [7, 11) is 0. The molecular formula is C21H22ClN3O3. The molecule has 2 amide bonds. The number of carbonyl (C=O) groups is 2. The number of hydrogen-bond donors (Lipinski definition) is 2. The predicted octanol–water partition coefficient (Wildman–Crippen LogP) is 3.45. The summed E-state index contributed by atoms with van der Waals surface area (Å²) in [6.45, 7) is 0. The Bertz CT molecular complexity index is 1000. The molecule has 0 atom stereocenters. The van der Waals surface area contributed by atoms with Gasteiger partial charge in [-0.05, 0) is 43.9 Å². The first-order valence-electron chi connectivity index (χ1n) is 9.69. The summed E-state index contributed by atoms with van der Waals surface area (Å²) >= 11 is 5.84. The smallest absolute Gasteiger partial charge is 0.294 e. The maximum atomic E-state index is 12.8. The van der Waals surface area contributed by atoms with Crippen LogP contribution in [0.5, 0.6) is 0 Å². The first-order chi connectivity index (χ1) is 13.6. The van der Waals surface area contributed by atoms with Crippen LogP contribution in [0.25, 0.3) is 12.2 Å². The van der Waals surface area contributed by atoms with Crippen molar-refractivity contribution in [2.45, 2.75) is 44.9 Å². The van der Waals surface area contributed by atoms with Crippen LogP contribution in [0.2, 0.25) is 5.02 Å². The van der Waals surface area contributed by atoms with Crippen LogP contribution in [0, 0.1) is 5.92 Å². The number of nitrogens with one attached hydrogen (secondary N) is 2. The number of aromatic nitrogens is 1. The molecule has 2 aromatic rings. The van der Waals surface area contributed by atoms with Crippen molar-refractivity contribution in [3.8, 4) is 0 Å². The van der Waals surface area contributed by atoms with Crippen molar-refractivity contribution in [2.24, 2.45) is 5.92 Å². The van der Waals surface area contributed by atoms with Gasteiger partial charge in [-0.3, -0.25) is 9.59 Å². The Hall–Kier alpha value is -2.60. The van der Waals surface area contributed by atoms with Crippen LogP contribution >= 0.6 is 11.6 Å². The molecule has 28 heavy (non-hydrogen) atoms. The fraction of sp³-hybridized carbons (Fsp3) is 0.381. The molecule has 2 N–H and O–H groups in total. The van der Waals surface area contributed by atoms with Crippen LogP contribution < -0.4 is 21.3 Å². The zero-order chi connectivity index (χ0) is 19.5. The highest BCUT2D eigenvalue weighted by Crippen LogP contribution is 2.25. The van der Waals surface area contributed by atoms with E-state index in [4.69, 9.17) is 16.0 Å². The molecule has 0 radical (unpaired) electrons. The second-order valence-electron chi connectivity index (χ2n) is 7.21. The quantitative estimate of drug-likeness (QED) is 0.824. The van der Waals surface area contributed by atoms with E-state index in [2.05, 4.69) is 15.6 Å². The zero-order valence-corrected chi connectivity index (χ0v) is 16.2. The number of carbonyl (C=O) groups excluding carboxylic acids is 2. The molecule has 0 aliphatic heterocycles.